The normalized spacial score (nSPS) is 14.7. The van der Waals surface area contributed by atoms with Gasteiger partial charge in [-0.25, -0.2) is 0 Å². The molecule has 2 heterocycles. The second-order valence-corrected chi connectivity index (χ2v) is 5.28. The minimum absolute atomic E-state index is 0.251. The molecule has 6 heteroatoms. The number of likely N-dealkylation sites (tertiary alicyclic amines) is 1. The highest BCUT2D eigenvalue weighted by Gasteiger charge is 2.20. The summed E-state index contributed by atoms with van der Waals surface area (Å²) in [6.45, 7) is 2.19. The van der Waals surface area contributed by atoms with Crippen molar-refractivity contribution in [1.82, 2.24) is 19.9 Å². The number of aryl methyl sites for hydroxylation is 1. The molecule has 0 saturated carbocycles. The van der Waals surface area contributed by atoms with E-state index >= 15 is 0 Å². The summed E-state index contributed by atoms with van der Waals surface area (Å²) in [6, 6.07) is 8.11. The highest BCUT2D eigenvalue weighted by molar-refractivity contribution is 5.78. The van der Waals surface area contributed by atoms with Crippen LogP contribution >= 0.6 is 0 Å². The van der Waals surface area contributed by atoms with Crippen molar-refractivity contribution in [1.29, 1.82) is 0 Å². The van der Waals surface area contributed by atoms with Gasteiger partial charge in [0.05, 0.1) is 18.4 Å². The summed E-state index contributed by atoms with van der Waals surface area (Å²) in [5.41, 5.74) is 3.21. The molecule has 1 saturated heterocycles. The van der Waals surface area contributed by atoms with Crippen LogP contribution in [0, 0.1) is 0 Å². The highest BCUT2D eigenvalue weighted by atomic mass is 16.2. The van der Waals surface area contributed by atoms with Crippen LogP contribution in [0.1, 0.15) is 24.1 Å². The number of carbonyl (C=O) groups excluding carboxylic acids is 1. The molecule has 0 atom stereocenters. The Labute approximate surface area is 123 Å². The average molecular weight is 285 g/mol. The fourth-order valence-electron chi connectivity index (χ4n) is 2.56. The van der Waals surface area contributed by atoms with Crippen molar-refractivity contribution >= 4 is 11.6 Å². The van der Waals surface area contributed by atoms with E-state index in [2.05, 4.69) is 21.7 Å². The summed E-state index contributed by atoms with van der Waals surface area (Å²) < 4.78 is 1.75. The molecule has 0 unspecified atom stereocenters. The van der Waals surface area contributed by atoms with Crippen LogP contribution in [0.25, 0.3) is 0 Å². The fraction of sp³-hybridized carbons (Fsp3) is 0.400. The molecule has 6 nitrogen and oxygen atoms in total. The maximum atomic E-state index is 11.8. The number of carbonyl (C=O) groups is 1. The van der Waals surface area contributed by atoms with Gasteiger partial charge in [-0.05, 0) is 18.1 Å². The third kappa shape index (κ3) is 3.04. The monoisotopic (exact) mass is 285 g/mol. The Morgan fingerprint density at radius 1 is 1.33 bits per heavy atom. The maximum absolute atomic E-state index is 11.8. The molecule has 1 amide bonds. The Hall–Kier alpha value is -2.37. The summed E-state index contributed by atoms with van der Waals surface area (Å²) in [5.74, 6) is 0.251. The van der Waals surface area contributed by atoms with Crippen molar-refractivity contribution in [2.45, 2.75) is 25.9 Å². The minimum atomic E-state index is 0.251. The SMILES string of the molecule is Cn1nncc1CNc1ccccc1CN1CCCC1=O. The first kappa shape index (κ1) is 13.6. The molecule has 0 bridgehead atoms. The summed E-state index contributed by atoms with van der Waals surface area (Å²) >= 11 is 0. The molecule has 0 spiro atoms. The van der Waals surface area contributed by atoms with Gasteiger partial charge in [-0.15, -0.1) is 5.10 Å². The number of hydrogen-bond donors (Lipinski definition) is 1. The van der Waals surface area contributed by atoms with Crippen molar-refractivity contribution in [2.24, 2.45) is 7.05 Å². The second-order valence-electron chi connectivity index (χ2n) is 5.28. The van der Waals surface area contributed by atoms with Crippen molar-refractivity contribution < 1.29 is 4.79 Å². The molecule has 1 aromatic carbocycles. The van der Waals surface area contributed by atoms with E-state index in [0.717, 1.165) is 29.9 Å². The number of aromatic nitrogens is 3. The number of anilines is 1. The van der Waals surface area contributed by atoms with Gasteiger partial charge in [-0.2, -0.15) is 0 Å². The van der Waals surface area contributed by atoms with Crippen LogP contribution in [-0.2, 0) is 24.9 Å². The third-order valence-electron chi connectivity index (χ3n) is 3.82. The standard InChI is InChI=1S/C15H19N5O/c1-19-13(10-17-18-19)9-16-14-6-3-2-5-12(14)11-20-8-4-7-15(20)21/h2-3,5-6,10,16H,4,7-9,11H2,1H3. The molecule has 0 radical (unpaired) electrons. The van der Waals surface area contributed by atoms with E-state index in [9.17, 15) is 4.79 Å². The van der Waals surface area contributed by atoms with Gasteiger partial charge in [0.25, 0.3) is 0 Å². The number of rotatable bonds is 5. The van der Waals surface area contributed by atoms with E-state index in [0.29, 0.717) is 19.5 Å². The Balaban J connectivity index is 1.70. The zero-order valence-electron chi connectivity index (χ0n) is 12.1. The van der Waals surface area contributed by atoms with Crippen LogP contribution in [0.4, 0.5) is 5.69 Å². The van der Waals surface area contributed by atoms with Gasteiger partial charge in [0.1, 0.15) is 0 Å². The van der Waals surface area contributed by atoms with Gasteiger partial charge in [-0.1, -0.05) is 23.4 Å². The quantitative estimate of drug-likeness (QED) is 0.905. The summed E-state index contributed by atoms with van der Waals surface area (Å²) in [4.78, 5) is 13.7. The lowest BCUT2D eigenvalue weighted by molar-refractivity contribution is -0.128. The van der Waals surface area contributed by atoms with Crippen molar-refractivity contribution in [3.05, 3.63) is 41.7 Å². The Kier molecular flexibility index (Phi) is 3.85. The first-order chi connectivity index (χ1) is 10.2. The van der Waals surface area contributed by atoms with Gasteiger partial charge < -0.3 is 10.2 Å². The van der Waals surface area contributed by atoms with Crippen LogP contribution in [-0.4, -0.2) is 32.3 Å². The van der Waals surface area contributed by atoms with E-state index < -0.39 is 0 Å². The molecular formula is C15H19N5O. The van der Waals surface area contributed by atoms with E-state index in [-0.39, 0.29) is 5.91 Å². The van der Waals surface area contributed by atoms with Gasteiger partial charge >= 0.3 is 0 Å². The largest absolute Gasteiger partial charge is 0.379 e. The molecule has 110 valence electrons. The van der Waals surface area contributed by atoms with E-state index in [1.54, 1.807) is 10.9 Å². The lowest BCUT2D eigenvalue weighted by Gasteiger charge is -2.18. The topological polar surface area (TPSA) is 63.1 Å². The minimum Gasteiger partial charge on any atom is -0.379 e. The molecule has 2 aromatic rings. The van der Waals surface area contributed by atoms with Crippen LogP contribution in [0.3, 0.4) is 0 Å². The van der Waals surface area contributed by atoms with Crippen LogP contribution < -0.4 is 5.32 Å². The first-order valence-electron chi connectivity index (χ1n) is 7.17. The Bertz CT molecular complexity index is 636. The maximum Gasteiger partial charge on any atom is 0.222 e. The molecule has 1 aromatic heterocycles. The van der Waals surface area contributed by atoms with Crippen molar-refractivity contribution in [2.75, 3.05) is 11.9 Å². The predicted molar refractivity (Wildman–Crippen MR) is 79.4 cm³/mol. The average Bonchev–Trinajstić information content (AvgIpc) is 3.07. The molecule has 1 N–H and O–H groups in total. The van der Waals surface area contributed by atoms with Crippen LogP contribution in [0.15, 0.2) is 30.5 Å². The summed E-state index contributed by atoms with van der Waals surface area (Å²) in [6.07, 6.45) is 3.39. The smallest absolute Gasteiger partial charge is 0.222 e. The fourth-order valence-corrected chi connectivity index (χ4v) is 2.56. The number of benzene rings is 1. The highest BCUT2D eigenvalue weighted by Crippen LogP contribution is 2.21. The third-order valence-corrected chi connectivity index (χ3v) is 3.82. The van der Waals surface area contributed by atoms with Crippen molar-refractivity contribution in [3.63, 3.8) is 0 Å². The van der Waals surface area contributed by atoms with Crippen molar-refractivity contribution in [3.8, 4) is 0 Å². The predicted octanol–water partition coefficient (Wildman–Crippen LogP) is 1.55. The second kappa shape index (κ2) is 5.95. The summed E-state index contributed by atoms with van der Waals surface area (Å²) in [5, 5.41) is 11.2. The number of para-hydroxylation sites is 1. The van der Waals surface area contributed by atoms with Gasteiger partial charge in [0.15, 0.2) is 0 Å². The van der Waals surface area contributed by atoms with Crippen LogP contribution in [0.5, 0.6) is 0 Å². The first-order valence-corrected chi connectivity index (χ1v) is 7.17. The molecule has 1 aliphatic heterocycles. The molecule has 21 heavy (non-hydrogen) atoms. The number of amides is 1. The Morgan fingerprint density at radius 3 is 2.90 bits per heavy atom. The van der Waals surface area contributed by atoms with E-state index in [1.165, 1.54) is 0 Å². The number of nitrogens with one attached hydrogen (secondary N) is 1. The molecular weight excluding hydrogens is 266 g/mol. The van der Waals surface area contributed by atoms with Gasteiger partial charge in [0.2, 0.25) is 5.91 Å². The lowest BCUT2D eigenvalue weighted by Crippen LogP contribution is -2.24. The Morgan fingerprint density at radius 2 is 2.19 bits per heavy atom. The number of nitrogens with zero attached hydrogens (tertiary/aromatic N) is 4. The lowest BCUT2D eigenvalue weighted by atomic mass is 10.1. The number of hydrogen-bond acceptors (Lipinski definition) is 4. The molecule has 0 aliphatic carbocycles. The van der Waals surface area contributed by atoms with Gasteiger partial charge in [0, 0.05) is 32.2 Å². The molecule has 3 rings (SSSR count). The van der Waals surface area contributed by atoms with Gasteiger partial charge in [-0.3, -0.25) is 9.48 Å². The molecule has 1 fully saturated rings. The summed E-state index contributed by atoms with van der Waals surface area (Å²) in [7, 11) is 1.87. The van der Waals surface area contributed by atoms with Crippen LogP contribution in [0.2, 0.25) is 0 Å². The zero-order valence-corrected chi connectivity index (χ0v) is 12.1. The van der Waals surface area contributed by atoms with E-state index in [1.807, 2.05) is 30.1 Å². The van der Waals surface area contributed by atoms with E-state index in [4.69, 9.17) is 0 Å². The zero-order chi connectivity index (χ0) is 14.7. The molecule has 1 aliphatic rings.